The average Bonchev–Trinajstić information content (AvgIpc) is 3.02. The average molecular weight is 344 g/mol. The van der Waals surface area contributed by atoms with Gasteiger partial charge in [-0.05, 0) is 45.6 Å². The zero-order valence-electron chi connectivity index (χ0n) is 14.5. The van der Waals surface area contributed by atoms with Gasteiger partial charge in [-0.2, -0.15) is 4.98 Å². The number of nitrogens with zero attached hydrogens (tertiary/aromatic N) is 5. The van der Waals surface area contributed by atoms with Gasteiger partial charge in [0.1, 0.15) is 5.82 Å². The minimum Gasteiger partial charge on any atom is -0.346 e. The molecule has 0 bridgehead atoms. The SMILES string of the molecule is Cc1nccn1CCCN1CCC[C@@H]1c1nc(C(=O)NC2CC2)no1. The number of carbonyl (C=O) groups excluding carboxylic acids is 1. The van der Waals surface area contributed by atoms with Crippen molar-refractivity contribution in [1.82, 2.24) is 29.9 Å². The monoisotopic (exact) mass is 344 g/mol. The van der Waals surface area contributed by atoms with E-state index >= 15 is 0 Å². The van der Waals surface area contributed by atoms with Gasteiger partial charge < -0.3 is 14.4 Å². The van der Waals surface area contributed by atoms with Crippen LogP contribution in [0.1, 0.15) is 60.5 Å². The fourth-order valence-electron chi connectivity index (χ4n) is 3.40. The second kappa shape index (κ2) is 6.95. The molecule has 0 aromatic carbocycles. The van der Waals surface area contributed by atoms with Crippen LogP contribution in [0, 0.1) is 6.92 Å². The molecule has 1 atom stereocenters. The molecule has 1 N–H and O–H groups in total. The third kappa shape index (κ3) is 3.73. The minimum absolute atomic E-state index is 0.124. The van der Waals surface area contributed by atoms with Crippen LogP contribution in [0.5, 0.6) is 0 Å². The van der Waals surface area contributed by atoms with Gasteiger partial charge in [-0.1, -0.05) is 5.16 Å². The minimum atomic E-state index is -0.224. The van der Waals surface area contributed by atoms with Gasteiger partial charge in [0.05, 0.1) is 6.04 Å². The molecule has 4 rings (SSSR count). The molecule has 8 nitrogen and oxygen atoms in total. The number of hydrogen-bond acceptors (Lipinski definition) is 6. The van der Waals surface area contributed by atoms with Crippen molar-refractivity contribution in [1.29, 1.82) is 0 Å². The topological polar surface area (TPSA) is 89.1 Å². The maximum atomic E-state index is 12.0. The fourth-order valence-corrected chi connectivity index (χ4v) is 3.40. The molecule has 2 aliphatic rings. The molecular formula is C17H24N6O2. The second-order valence-corrected chi connectivity index (χ2v) is 6.92. The van der Waals surface area contributed by atoms with Crippen LogP contribution in [0.2, 0.25) is 0 Å². The molecule has 0 radical (unpaired) electrons. The Morgan fingerprint density at radius 3 is 3.00 bits per heavy atom. The van der Waals surface area contributed by atoms with E-state index in [1.165, 1.54) is 0 Å². The number of rotatable bonds is 7. The van der Waals surface area contributed by atoms with Gasteiger partial charge in [0.2, 0.25) is 5.89 Å². The molecule has 8 heteroatoms. The molecule has 134 valence electrons. The smallest absolute Gasteiger partial charge is 0.292 e. The third-order valence-electron chi connectivity index (χ3n) is 4.97. The Morgan fingerprint density at radius 1 is 1.36 bits per heavy atom. The van der Waals surface area contributed by atoms with E-state index in [0.717, 1.165) is 57.6 Å². The second-order valence-electron chi connectivity index (χ2n) is 6.92. The Hall–Kier alpha value is -2.22. The summed E-state index contributed by atoms with van der Waals surface area (Å²) < 4.78 is 7.56. The molecular weight excluding hydrogens is 320 g/mol. The number of aromatic nitrogens is 4. The highest BCUT2D eigenvalue weighted by Crippen LogP contribution is 2.31. The van der Waals surface area contributed by atoms with E-state index in [1.807, 2.05) is 19.3 Å². The van der Waals surface area contributed by atoms with Gasteiger partial charge >= 0.3 is 0 Å². The lowest BCUT2D eigenvalue weighted by Crippen LogP contribution is -2.27. The molecule has 0 unspecified atom stereocenters. The Balaban J connectivity index is 1.33. The largest absolute Gasteiger partial charge is 0.346 e. The Labute approximate surface area is 146 Å². The highest BCUT2D eigenvalue weighted by atomic mass is 16.5. The van der Waals surface area contributed by atoms with Crippen LogP contribution in [0.15, 0.2) is 16.9 Å². The van der Waals surface area contributed by atoms with Crippen molar-refractivity contribution in [3.05, 3.63) is 29.9 Å². The molecule has 1 saturated heterocycles. The highest BCUT2D eigenvalue weighted by Gasteiger charge is 2.32. The van der Waals surface area contributed by atoms with Crippen LogP contribution in [0.25, 0.3) is 0 Å². The lowest BCUT2D eigenvalue weighted by Gasteiger charge is -2.21. The first-order valence-electron chi connectivity index (χ1n) is 9.07. The van der Waals surface area contributed by atoms with Crippen LogP contribution in [0.3, 0.4) is 0 Å². The molecule has 3 heterocycles. The van der Waals surface area contributed by atoms with Crippen molar-refractivity contribution in [2.75, 3.05) is 13.1 Å². The van der Waals surface area contributed by atoms with E-state index in [0.29, 0.717) is 11.9 Å². The van der Waals surface area contributed by atoms with Crippen LogP contribution in [-0.2, 0) is 6.54 Å². The van der Waals surface area contributed by atoms with Crippen LogP contribution in [-0.4, -0.2) is 49.6 Å². The number of carbonyl (C=O) groups is 1. The van der Waals surface area contributed by atoms with E-state index in [1.54, 1.807) is 0 Å². The maximum absolute atomic E-state index is 12.0. The van der Waals surface area contributed by atoms with Gasteiger partial charge in [0.15, 0.2) is 0 Å². The summed E-state index contributed by atoms with van der Waals surface area (Å²) in [7, 11) is 0. The van der Waals surface area contributed by atoms with Crippen molar-refractivity contribution < 1.29 is 9.32 Å². The van der Waals surface area contributed by atoms with Crippen LogP contribution >= 0.6 is 0 Å². The predicted octanol–water partition coefficient (Wildman–Crippen LogP) is 1.69. The lowest BCUT2D eigenvalue weighted by molar-refractivity contribution is 0.0937. The molecule has 2 aromatic rings. The van der Waals surface area contributed by atoms with E-state index in [4.69, 9.17) is 4.52 Å². The number of hydrogen-bond donors (Lipinski definition) is 1. The maximum Gasteiger partial charge on any atom is 0.292 e. The van der Waals surface area contributed by atoms with Gasteiger partial charge in [0, 0.05) is 31.5 Å². The molecule has 0 spiro atoms. The lowest BCUT2D eigenvalue weighted by atomic mass is 10.2. The molecule has 2 aromatic heterocycles. The Morgan fingerprint density at radius 2 is 2.24 bits per heavy atom. The zero-order valence-corrected chi connectivity index (χ0v) is 14.5. The number of aryl methyl sites for hydroxylation is 2. The zero-order chi connectivity index (χ0) is 17.2. The summed E-state index contributed by atoms with van der Waals surface area (Å²) in [6.45, 7) is 4.97. The summed E-state index contributed by atoms with van der Waals surface area (Å²) in [6, 6.07) is 0.419. The van der Waals surface area contributed by atoms with Crippen molar-refractivity contribution >= 4 is 5.91 Å². The predicted molar refractivity (Wildman–Crippen MR) is 89.9 cm³/mol. The van der Waals surface area contributed by atoms with E-state index in [-0.39, 0.29) is 17.8 Å². The first kappa shape index (κ1) is 16.3. The molecule has 1 aliphatic carbocycles. The van der Waals surface area contributed by atoms with Crippen molar-refractivity contribution in [3.63, 3.8) is 0 Å². The standard InChI is InChI=1S/C17H24N6O2/c1-12-18-7-11-22(12)9-3-10-23-8-2-4-14(23)17-20-15(21-25-17)16(24)19-13-5-6-13/h7,11,13-14H,2-6,8-10H2,1H3,(H,19,24)/t14-/m1/s1. The van der Waals surface area contributed by atoms with Crippen molar-refractivity contribution in [2.24, 2.45) is 0 Å². The summed E-state index contributed by atoms with van der Waals surface area (Å²) in [4.78, 5) is 23.0. The van der Waals surface area contributed by atoms with E-state index < -0.39 is 0 Å². The first-order valence-corrected chi connectivity index (χ1v) is 9.07. The summed E-state index contributed by atoms with van der Waals surface area (Å²) in [6.07, 6.45) is 9.08. The number of imidazole rings is 1. The summed E-state index contributed by atoms with van der Waals surface area (Å²) in [5.74, 6) is 1.54. The molecule has 1 saturated carbocycles. The van der Waals surface area contributed by atoms with Gasteiger partial charge in [0.25, 0.3) is 11.7 Å². The third-order valence-corrected chi connectivity index (χ3v) is 4.97. The Kier molecular flexibility index (Phi) is 4.52. The van der Waals surface area contributed by atoms with Gasteiger partial charge in [-0.25, -0.2) is 4.98 Å². The van der Waals surface area contributed by atoms with Gasteiger partial charge in [-0.3, -0.25) is 9.69 Å². The molecule has 1 aliphatic heterocycles. The van der Waals surface area contributed by atoms with E-state index in [2.05, 4.69) is 29.9 Å². The number of nitrogens with one attached hydrogen (secondary N) is 1. The van der Waals surface area contributed by atoms with Crippen molar-refractivity contribution in [2.45, 2.75) is 57.7 Å². The van der Waals surface area contributed by atoms with Crippen LogP contribution < -0.4 is 5.32 Å². The molecule has 25 heavy (non-hydrogen) atoms. The Bertz CT molecular complexity index is 735. The summed E-state index contributed by atoms with van der Waals surface area (Å²) in [5, 5.41) is 6.77. The first-order chi connectivity index (χ1) is 12.2. The quantitative estimate of drug-likeness (QED) is 0.822. The van der Waals surface area contributed by atoms with Gasteiger partial charge in [-0.15, -0.1) is 0 Å². The fraction of sp³-hybridized carbons (Fsp3) is 0.647. The number of likely N-dealkylation sites (tertiary alicyclic amines) is 1. The molecule has 1 amide bonds. The van der Waals surface area contributed by atoms with Crippen molar-refractivity contribution in [3.8, 4) is 0 Å². The van der Waals surface area contributed by atoms with Crippen LogP contribution in [0.4, 0.5) is 0 Å². The molecule has 2 fully saturated rings. The van der Waals surface area contributed by atoms with E-state index in [9.17, 15) is 4.79 Å². The normalized spacial score (nSPS) is 20.9. The summed E-state index contributed by atoms with van der Waals surface area (Å²) >= 11 is 0. The highest BCUT2D eigenvalue weighted by molar-refractivity contribution is 5.90. The number of amides is 1. The summed E-state index contributed by atoms with van der Waals surface area (Å²) in [5.41, 5.74) is 0.